The van der Waals surface area contributed by atoms with Crippen LogP contribution in [-0.2, 0) is 22.4 Å². The Balaban J connectivity index is 1.17. The Labute approximate surface area is 276 Å². The van der Waals surface area contributed by atoms with E-state index in [1.165, 1.54) is 28.0 Å². The lowest BCUT2D eigenvalue weighted by Crippen LogP contribution is -2.49. The van der Waals surface area contributed by atoms with E-state index in [-0.39, 0.29) is 41.1 Å². The summed E-state index contributed by atoms with van der Waals surface area (Å²) >= 11 is 4.73. The molecule has 0 fully saturated rings. The van der Waals surface area contributed by atoms with E-state index < -0.39 is 0 Å². The van der Waals surface area contributed by atoms with Gasteiger partial charge in [-0.05, 0) is 74.9 Å². The van der Waals surface area contributed by atoms with Gasteiger partial charge in [0.15, 0.2) is 0 Å². The summed E-state index contributed by atoms with van der Waals surface area (Å²) in [6.07, 6.45) is 13.8. The Morgan fingerprint density at radius 1 is 1.00 bits per heavy atom. The van der Waals surface area contributed by atoms with Crippen LogP contribution in [0.2, 0.25) is 0 Å². The van der Waals surface area contributed by atoms with Crippen LogP contribution < -0.4 is 15.5 Å². The second-order valence-electron chi connectivity index (χ2n) is 11.1. The van der Waals surface area contributed by atoms with Crippen LogP contribution in [0.15, 0.2) is 82.6 Å². The van der Waals surface area contributed by atoms with Gasteiger partial charge >= 0.3 is 12.0 Å². The van der Waals surface area contributed by atoms with Gasteiger partial charge < -0.3 is 15.4 Å². The molecule has 3 unspecified atom stereocenters. The number of allylic oxidation sites excluding steroid dienone is 2. The van der Waals surface area contributed by atoms with Crippen molar-refractivity contribution in [3.63, 3.8) is 0 Å². The van der Waals surface area contributed by atoms with Crippen molar-refractivity contribution in [1.82, 2.24) is 0 Å². The zero-order valence-corrected chi connectivity index (χ0v) is 27.9. The number of thiophene rings is 1. The molecule has 2 heterocycles. The molecular weight excluding hydrogens is 623 g/mol. The van der Waals surface area contributed by atoms with E-state index in [0.717, 1.165) is 53.1 Å². The van der Waals surface area contributed by atoms with Crippen molar-refractivity contribution in [3.8, 4) is 0 Å². The fourth-order valence-corrected chi connectivity index (χ4v) is 9.54. The molecule has 6 rings (SSSR count). The molecule has 2 aliphatic carbocycles. The summed E-state index contributed by atoms with van der Waals surface area (Å²) in [5.41, 5.74) is 3.12. The fraction of sp³-hybridized carbons (Fsp3) is 0.343. The minimum absolute atomic E-state index is 0.0904. The lowest BCUT2D eigenvalue weighted by atomic mass is 10.1. The zero-order chi connectivity index (χ0) is 31.3. The van der Waals surface area contributed by atoms with Crippen molar-refractivity contribution in [2.75, 3.05) is 22.1 Å². The van der Waals surface area contributed by atoms with Crippen LogP contribution in [0, 0.1) is 0 Å². The first-order valence-corrected chi connectivity index (χ1v) is 18.1. The first-order chi connectivity index (χ1) is 22.0. The number of rotatable bonds is 8. The molecule has 234 valence electrons. The Bertz CT molecular complexity index is 1650. The highest BCUT2D eigenvalue weighted by Crippen LogP contribution is 2.44. The lowest BCUT2D eigenvalue weighted by Gasteiger charge is -2.40. The Morgan fingerprint density at radius 2 is 1.82 bits per heavy atom. The average Bonchev–Trinajstić information content (AvgIpc) is 3.22. The Hall–Kier alpha value is -3.47. The number of hydrogen-bond acceptors (Lipinski definition) is 7. The third-order valence-corrected chi connectivity index (χ3v) is 12.0. The van der Waals surface area contributed by atoms with Crippen LogP contribution in [0.25, 0.3) is 0 Å². The maximum Gasteiger partial charge on any atom is 0.341 e. The highest BCUT2D eigenvalue weighted by molar-refractivity contribution is 8.00. The summed E-state index contributed by atoms with van der Waals surface area (Å²) < 4.78 is 5.40. The van der Waals surface area contributed by atoms with E-state index in [1.54, 1.807) is 18.7 Å². The van der Waals surface area contributed by atoms with E-state index in [4.69, 9.17) is 4.74 Å². The third kappa shape index (κ3) is 6.88. The lowest BCUT2D eigenvalue weighted by molar-refractivity contribution is -0.115. The summed E-state index contributed by atoms with van der Waals surface area (Å²) in [5.74, 6) is -0.512. The number of hydrogen-bond donors (Lipinski definition) is 2. The molecule has 2 aromatic carbocycles. The van der Waals surface area contributed by atoms with Crippen LogP contribution in [0.1, 0.15) is 60.3 Å². The van der Waals surface area contributed by atoms with Gasteiger partial charge in [0.1, 0.15) is 5.00 Å². The van der Waals surface area contributed by atoms with E-state index in [2.05, 4.69) is 28.9 Å². The number of anilines is 3. The summed E-state index contributed by atoms with van der Waals surface area (Å²) in [5, 5.41) is 6.54. The van der Waals surface area contributed by atoms with Crippen molar-refractivity contribution in [3.05, 3.63) is 88.8 Å². The monoisotopic (exact) mass is 659 g/mol. The molecular formula is C35H37N3O4S3. The van der Waals surface area contributed by atoms with Gasteiger partial charge in [0.2, 0.25) is 5.91 Å². The van der Waals surface area contributed by atoms with Crippen molar-refractivity contribution in [2.45, 2.75) is 78.7 Å². The zero-order valence-electron chi connectivity index (χ0n) is 25.4. The van der Waals surface area contributed by atoms with Crippen LogP contribution in [0.3, 0.4) is 0 Å². The predicted octanol–water partition coefficient (Wildman–Crippen LogP) is 8.71. The molecule has 3 aromatic rings. The first kappa shape index (κ1) is 31.5. The minimum Gasteiger partial charge on any atom is -0.462 e. The van der Waals surface area contributed by atoms with Gasteiger partial charge in [-0.1, -0.05) is 55.8 Å². The number of amides is 3. The maximum absolute atomic E-state index is 13.8. The minimum atomic E-state index is -0.390. The highest BCUT2D eigenvalue weighted by Gasteiger charge is 2.37. The van der Waals surface area contributed by atoms with Crippen molar-refractivity contribution >= 4 is 69.1 Å². The SMILES string of the molecule is CCOC(=O)c1c(NC(=O)C(CC)Sc2cccc(NC(=O)N3c4ccccc4SC4C=CC=CC43)c2)sc2c1CCCCC2. The fourth-order valence-electron chi connectivity index (χ4n) is 5.98. The van der Waals surface area contributed by atoms with Gasteiger partial charge in [-0.3, -0.25) is 9.69 Å². The maximum atomic E-state index is 13.8. The van der Waals surface area contributed by atoms with E-state index in [9.17, 15) is 14.4 Å². The molecule has 10 heteroatoms. The number of carbonyl (C=O) groups excluding carboxylic acids is 3. The quantitative estimate of drug-likeness (QED) is 0.143. The number of benzene rings is 2. The van der Waals surface area contributed by atoms with E-state index >= 15 is 0 Å². The second kappa shape index (κ2) is 14.3. The molecule has 3 atom stereocenters. The van der Waals surface area contributed by atoms with Gasteiger partial charge in [0, 0.05) is 20.4 Å². The number of fused-ring (bicyclic) bond motifs is 3. The molecule has 3 aliphatic rings. The molecule has 0 saturated carbocycles. The molecule has 0 radical (unpaired) electrons. The summed E-state index contributed by atoms with van der Waals surface area (Å²) in [6.45, 7) is 4.07. The van der Waals surface area contributed by atoms with Crippen molar-refractivity contribution < 1.29 is 19.1 Å². The topological polar surface area (TPSA) is 87.7 Å². The van der Waals surface area contributed by atoms with Crippen LogP contribution in [0.5, 0.6) is 0 Å². The largest absolute Gasteiger partial charge is 0.462 e. The molecule has 7 nitrogen and oxygen atoms in total. The molecule has 1 aliphatic heterocycles. The molecule has 2 N–H and O–H groups in total. The number of carbonyl (C=O) groups is 3. The van der Waals surface area contributed by atoms with Gasteiger partial charge in [-0.25, -0.2) is 9.59 Å². The highest BCUT2D eigenvalue weighted by atomic mass is 32.2. The first-order valence-electron chi connectivity index (χ1n) is 15.6. The number of urea groups is 1. The number of aryl methyl sites for hydroxylation is 1. The summed E-state index contributed by atoms with van der Waals surface area (Å²) in [6, 6.07) is 15.3. The second-order valence-corrected chi connectivity index (χ2v) is 14.7. The smallest absolute Gasteiger partial charge is 0.341 e. The number of nitrogens with zero attached hydrogens (tertiary/aromatic N) is 1. The van der Waals surface area contributed by atoms with Crippen LogP contribution in [-0.4, -0.2) is 41.1 Å². The predicted molar refractivity (Wildman–Crippen MR) is 186 cm³/mol. The number of para-hydroxylation sites is 1. The van der Waals surface area contributed by atoms with Gasteiger partial charge in [-0.2, -0.15) is 0 Å². The Morgan fingerprint density at radius 3 is 2.67 bits per heavy atom. The molecule has 45 heavy (non-hydrogen) atoms. The van der Waals surface area contributed by atoms with Gasteiger partial charge in [0.25, 0.3) is 0 Å². The third-order valence-electron chi connectivity index (χ3n) is 8.13. The molecule has 0 bridgehead atoms. The van der Waals surface area contributed by atoms with Gasteiger partial charge in [0.05, 0.1) is 34.4 Å². The molecule has 3 amide bonds. The van der Waals surface area contributed by atoms with E-state index in [0.29, 0.717) is 22.7 Å². The normalized spacial score (nSPS) is 19.0. The summed E-state index contributed by atoms with van der Waals surface area (Å²) in [4.78, 5) is 45.3. The van der Waals surface area contributed by atoms with E-state index in [1.807, 2.05) is 66.4 Å². The number of ether oxygens (including phenoxy) is 1. The van der Waals surface area contributed by atoms with Crippen LogP contribution >= 0.6 is 34.9 Å². The van der Waals surface area contributed by atoms with Crippen molar-refractivity contribution in [1.29, 1.82) is 0 Å². The number of thioether (sulfide) groups is 2. The van der Waals surface area contributed by atoms with Gasteiger partial charge in [-0.15, -0.1) is 34.9 Å². The average molecular weight is 660 g/mol. The van der Waals surface area contributed by atoms with Crippen LogP contribution in [0.4, 0.5) is 21.2 Å². The molecule has 1 aromatic heterocycles. The van der Waals surface area contributed by atoms with Crippen molar-refractivity contribution in [2.24, 2.45) is 0 Å². The number of nitrogens with one attached hydrogen (secondary N) is 2. The standard InChI is InChI=1S/C35H37N3O4S3/c1-3-27(32(39)37-33-31(34(40)42-4-2)24-15-6-5-7-18-28(24)45-33)43-23-14-12-13-22(21-23)36-35(41)38-25-16-8-10-19-29(25)44-30-20-11-9-17-26(30)38/h8-14,16-17,19-21,25,27,29H,3-7,15,18H2,1-2H3,(H,36,41)(H,37,39). The molecule has 0 spiro atoms. The Kier molecular flexibility index (Phi) is 10.0. The number of esters is 1. The molecule has 0 saturated heterocycles. The summed E-state index contributed by atoms with van der Waals surface area (Å²) in [7, 11) is 0.